The summed E-state index contributed by atoms with van der Waals surface area (Å²) in [7, 11) is 0. The second-order valence-corrected chi connectivity index (χ2v) is 14.0. The molecule has 1 saturated heterocycles. The van der Waals surface area contributed by atoms with Crippen LogP contribution in [0.1, 0.15) is 87.7 Å². The predicted molar refractivity (Wildman–Crippen MR) is 195 cm³/mol. The molecule has 2 N–H and O–H groups in total. The molecule has 1 aliphatic heterocycles. The summed E-state index contributed by atoms with van der Waals surface area (Å²) in [5.41, 5.74) is 4.99. The quantitative estimate of drug-likeness (QED) is 0.122. The van der Waals surface area contributed by atoms with Gasteiger partial charge in [-0.1, -0.05) is 102 Å². The molecule has 0 aliphatic carbocycles. The summed E-state index contributed by atoms with van der Waals surface area (Å²) in [5.74, 6) is 0.722. The van der Waals surface area contributed by atoms with Crippen molar-refractivity contribution in [3.8, 4) is 28.3 Å². The van der Waals surface area contributed by atoms with Gasteiger partial charge in [-0.25, -0.2) is 14.8 Å². The van der Waals surface area contributed by atoms with Crippen LogP contribution >= 0.6 is 0 Å². The highest BCUT2D eigenvalue weighted by atomic mass is 16.5. The van der Waals surface area contributed by atoms with Gasteiger partial charge in [-0.3, -0.25) is 14.5 Å². The van der Waals surface area contributed by atoms with E-state index < -0.39 is 18.2 Å². The van der Waals surface area contributed by atoms with Crippen molar-refractivity contribution in [2.75, 3.05) is 13.2 Å². The van der Waals surface area contributed by atoms with Gasteiger partial charge in [-0.2, -0.15) is 0 Å². The maximum absolute atomic E-state index is 13.6. The number of carbonyl (C=O) groups is 3. The van der Waals surface area contributed by atoms with Crippen LogP contribution < -0.4 is 10.1 Å². The molecule has 50 heavy (non-hydrogen) atoms. The fourth-order valence-electron chi connectivity index (χ4n) is 6.02. The Morgan fingerprint density at radius 2 is 1.50 bits per heavy atom. The van der Waals surface area contributed by atoms with Gasteiger partial charge in [0.2, 0.25) is 0 Å². The number of nitrogens with zero attached hydrogens (tertiary/aromatic N) is 3. The zero-order chi connectivity index (χ0) is 35.7. The minimum Gasteiger partial charge on any atom is -0.494 e. The number of amides is 2. The first-order valence-corrected chi connectivity index (χ1v) is 17.6. The molecule has 0 radical (unpaired) electrons. The Kier molecular flexibility index (Phi) is 12.0. The summed E-state index contributed by atoms with van der Waals surface area (Å²) in [4.78, 5) is 48.9. The van der Waals surface area contributed by atoms with Gasteiger partial charge in [-0.15, -0.1) is 0 Å². The van der Waals surface area contributed by atoms with Gasteiger partial charge in [0.1, 0.15) is 5.75 Å². The van der Waals surface area contributed by atoms with E-state index in [9.17, 15) is 19.5 Å². The van der Waals surface area contributed by atoms with Crippen molar-refractivity contribution in [3.63, 3.8) is 0 Å². The average molecular weight is 677 g/mol. The zero-order valence-electron chi connectivity index (χ0n) is 29.5. The van der Waals surface area contributed by atoms with E-state index in [1.807, 2.05) is 60.7 Å². The van der Waals surface area contributed by atoms with Crippen molar-refractivity contribution in [3.05, 3.63) is 102 Å². The minimum absolute atomic E-state index is 0.0635. The number of rotatable bonds is 15. The van der Waals surface area contributed by atoms with Gasteiger partial charge in [0, 0.05) is 35.6 Å². The number of Topliss-reactive ketones (excluding diaryl/α,β-unsaturated/α-hetero) is 1. The summed E-state index contributed by atoms with van der Waals surface area (Å²) in [6.45, 7) is 9.54. The molecule has 1 unspecified atom stereocenters. The molecule has 1 aliphatic rings. The number of ketones is 1. The van der Waals surface area contributed by atoms with E-state index in [0.717, 1.165) is 51.5 Å². The van der Waals surface area contributed by atoms with Crippen molar-refractivity contribution in [1.29, 1.82) is 0 Å². The maximum atomic E-state index is 13.6. The van der Waals surface area contributed by atoms with E-state index in [2.05, 4.69) is 43.0 Å². The first-order chi connectivity index (χ1) is 24.0. The van der Waals surface area contributed by atoms with E-state index >= 15 is 0 Å². The van der Waals surface area contributed by atoms with Gasteiger partial charge >= 0.3 is 6.09 Å². The second kappa shape index (κ2) is 16.6. The number of aromatic nitrogens is 2. The lowest BCUT2D eigenvalue weighted by atomic mass is 9.86. The van der Waals surface area contributed by atoms with Gasteiger partial charge in [0.05, 0.1) is 18.7 Å². The SMILES string of the molecule is CCCCCCCOc1ccc(-c2cnc(-c3ccc(CC(NC(=O)c4ccc(C(C)(C)C)cc4)C(=O)[C@@H]4CCN4C(=O)O)cc3)nc2)cc1. The number of unbranched alkanes of at least 4 members (excludes halogenated alkanes) is 4. The van der Waals surface area contributed by atoms with Crippen molar-refractivity contribution >= 4 is 17.8 Å². The molecule has 262 valence electrons. The molecule has 2 atom stereocenters. The van der Waals surface area contributed by atoms with Crippen LogP contribution in [0.25, 0.3) is 22.5 Å². The van der Waals surface area contributed by atoms with E-state index in [0.29, 0.717) is 24.4 Å². The van der Waals surface area contributed by atoms with E-state index in [-0.39, 0.29) is 23.5 Å². The lowest BCUT2D eigenvalue weighted by Crippen LogP contribution is -2.60. The molecule has 3 aromatic carbocycles. The van der Waals surface area contributed by atoms with E-state index in [1.54, 1.807) is 24.5 Å². The van der Waals surface area contributed by atoms with Gasteiger partial charge in [-0.05, 0) is 65.6 Å². The monoisotopic (exact) mass is 676 g/mol. The molecule has 1 fully saturated rings. The van der Waals surface area contributed by atoms with Crippen LogP contribution in [0, 0.1) is 0 Å². The molecular formula is C41H48N4O5. The predicted octanol–water partition coefficient (Wildman–Crippen LogP) is 8.12. The Hall–Kier alpha value is -5.05. The molecular weight excluding hydrogens is 628 g/mol. The van der Waals surface area contributed by atoms with E-state index in [4.69, 9.17) is 4.74 Å². The molecule has 2 heterocycles. The van der Waals surface area contributed by atoms with Crippen LogP contribution in [-0.2, 0) is 16.6 Å². The van der Waals surface area contributed by atoms with Crippen LogP contribution in [0.15, 0.2) is 85.2 Å². The van der Waals surface area contributed by atoms with Crippen molar-refractivity contribution in [1.82, 2.24) is 20.2 Å². The fraction of sp³-hybridized carbons (Fsp3) is 0.390. The molecule has 2 amide bonds. The smallest absolute Gasteiger partial charge is 0.407 e. The summed E-state index contributed by atoms with van der Waals surface area (Å²) in [6, 6.07) is 21.2. The molecule has 1 aromatic heterocycles. The van der Waals surface area contributed by atoms with E-state index in [1.165, 1.54) is 25.7 Å². The van der Waals surface area contributed by atoms with Gasteiger partial charge in [0.25, 0.3) is 5.91 Å². The van der Waals surface area contributed by atoms with Crippen molar-refractivity contribution in [2.45, 2.75) is 90.1 Å². The molecule has 0 bridgehead atoms. The molecule has 0 spiro atoms. The summed E-state index contributed by atoms with van der Waals surface area (Å²) < 4.78 is 5.89. The number of benzene rings is 3. The Labute approximate surface area is 295 Å². The summed E-state index contributed by atoms with van der Waals surface area (Å²) in [6.07, 6.45) is 9.12. The third-order valence-corrected chi connectivity index (χ3v) is 9.26. The number of likely N-dealkylation sites (tertiary alicyclic amines) is 1. The molecule has 9 nitrogen and oxygen atoms in total. The minimum atomic E-state index is -1.14. The fourth-order valence-corrected chi connectivity index (χ4v) is 6.02. The molecule has 5 rings (SSSR count). The first kappa shape index (κ1) is 36.2. The Bertz CT molecular complexity index is 1730. The molecule has 9 heteroatoms. The summed E-state index contributed by atoms with van der Waals surface area (Å²) >= 11 is 0. The maximum Gasteiger partial charge on any atom is 0.407 e. The number of nitrogens with one attached hydrogen (secondary N) is 1. The van der Waals surface area contributed by atoms with Crippen LogP contribution in [0.5, 0.6) is 5.75 Å². The number of hydrogen-bond donors (Lipinski definition) is 2. The van der Waals surface area contributed by atoms with Crippen molar-refractivity contribution in [2.24, 2.45) is 0 Å². The highest BCUT2D eigenvalue weighted by molar-refractivity contribution is 6.00. The second-order valence-electron chi connectivity index (χ2n) is 14.0. The van der Waals surface area contributed by atoms with Crippen LogP contribution in [0.4, 0.5) is 4.79 Å². The van der Waals surface area contributed by atoms with Gasteiger partial charge < -0.3 is 15.2 Å². The number of carboxylic acid groups (broad SMARTS) is 1. The number of carbonyl (C=O) groups excluding carboxylic acids is 2. The Morgan fingerprint density at radius 1 is 0.860 bits per heavy atom. The normalized spacial score (nSPS) is 14.8. The van der Waals surface area contributed by atoms with Crippen LogP contribution in [-0.4, -0.2) is 63.0 Å². The Balaban J connectivity index is 1.23. The summed E-state index contributed by atoms with van der Waals surface area (Å²) in [5, 5.41) is 12.4. The van der Waals surface area contributed by atoms with Crippen molar-refractivity contribution < 1.29 is 24.2 Å². The molecule has 4 aromatic rings. The third-order valence-electron chi connectivity index (χ3n) is 9.26. The molecule has 0 saturated carbocycles. The van der Waals surface area contributed by atoms with Crippen LogP contribution in [0.2, 0.25) is 0 Å². The van der Waals surface area contributed by atoms with Gasteiger partial charge in [0.15, 0.2) is 11.6 Å². The standard InChI is InChI=1S/C41H48N4O5/c1-5-6-7-8-9-24-50-34-20-16-29(17-21-34)32-26-42-38(43-27-32)30-12-10-28(11-13-30)25-35(37(46)36-22-23-45(36)40(48)49)44-39(47)31-14-18-33(19-15-31)41(2,3)4/h10-21,26-27,35-36H,5-9,22-25H2,1-4H3,(H,44,47)(H,48,49)/t35?,36-/m0/s1. The van der Waals surface area contributed by atoms with Crippen LogP contribution in [0.3, 0.4) is 0 Å². The lowest BCUT2D eigenvalue weighted by molar-refractivity contribution is -0.129. The lowest BCUT2D eigenvalue weighted by Gasteiger charge is -2.39. The Morgan fingerprint density at radius 3 is 2.08 bits per heavy atom. The number of hydrogen-bond acceptors (Lipinski definition) is 6. The third kappa shape index (κ3) is 9.34. The number of ether oxygens (including phenoxy) is 1. The zero-order valence-corrected chi connectivity index (χ0v) is 29.5. The largest absolute Gasteiger partial charge is 0.494 e. The highest BCUT2D eigenvalue weighted by Gasteiger charge is 2.41. The first-order valence-electron chi connectivity index (χ1n) is 17.6. The topological polar surface area (TPSA) is 122 Å². The average Bonchev–Trinajstić information content (AvgIpc) is 3.09. The highest BCUT2D eigenvalue weighted by Crippen LogP contribution is 2.26.